The Labute approximate surface area is 125 Å². The second-order valence-electron chi connectivity index (χ2n) is 5.93. The summed E-state index contributed by atoms with van der Waals surface area (Å²) >= 11 is 0. The van der Waals surface area contributed by atoms with Gasteiger partial charge in [0, 0.05) is 44.5 Å². The maximum Gasteiger partial charge on any atom is 0.129 e. The summed E-state index contributed by atoms with van der Waals surface area (Å²) in [7, 11) is 1.64. The summed E-state index contributed by atoms with van der Waals surface area (Å²) in [5.74, 6) is -0.206. The SMILES string of the molecule is COCCNCc1c(F)cccc1N1CCCC(C)(O)C1. The van der Waals surface area contributed by atoms with Gasteiger partial charge >= 0.3 is 0 Å². The summed E-state index contributed by atoms with van der Waals surface area (Å²) in [5.41, 5.74) is 0.830. The van der Waals surface area contributed by atoms with Crippen LogP contribution in [0, 0.1) is 5.82 Å². The van der Waals surface area contributed by atoms with Crippen molar-refractivity contribution in [2.75, 3.05) is 38.3 Å². The lowest BCUT2D eigenvalue weighted by molar-refractivity contribution is 0.0448. The van der Waals surface area contributed by atoms with Crippen LogP contribution in [0.1, 0.15) is 25.3 Å². The van der Waals surface area contributed by atoms with E-state index in [4.69, 9.17) is 4.74 Å². The Morgan fingerprint density at radius 1 is 1.48 bits per heavy atom. The molecule has 0 aromatic heterocycles. The van der Waals surface area contributed by atoms with Gasteiger partial charge in [-0.25, -0.2) is 4.39 Å². The van der Waals surface area contributed by atoms with Gasteiger partial charge in [0.25, 0.3) is 0 Å². The van der Waals surface area contributed by atoms with Crippen LogP contribution in [-0.2, 0) is 11.3 Å². The lowest BCUT2D eigenvalue weighted by Gasteiger charge is -2.39. The second kappa shape index (κ2) is 7.20. The minimum atomic E-state index is -0.703. The number of hydrogen-bond acceptors (Lipinski definition) is 4. The quantitative estimate of drug-likeness (QED) is 0.787. The molecular weight excluding hydrogens is 271 g/mol. The molecule has 5 heteroatoms. The van der Waals surface area contributed by atoms with Crippen molar-refractivity contribution in [3.05, 3.63) is 29.6 Å². The number of piperidine rings is 1. The number of rotatable bonds is 6. The van der Waals surface area contributed by atoms with Gasteiger partial charge in [-0.3, -0.25) is 0 Å². The van der Waals surface area contributed by atoms with Gasteiger partial charge in [-0.05, 0) is 31.9 Å². The molecular formula is C16H25FN2O2. The topological polar surface area (TPSA) is 44.7 Å². The van der Waals surface area contributed by atoms with E-state index < -0.39 is 5.60 Å². The predicted octanol–water partition coefficient (Wildman–Crippen LogP) is 1.91. The fourth-order valence-corrected chi connectivity index (χ4v) is 2.83. The standard InChI is InChI=1S/C16H25FN2O2/c1-16(20)7-4-9-19(12-16)15-6-3-5-14(17)13(15)11-18-8-10-21-2/h3,5-6,18,20H,4,7-12H2,1-2H3. The van der Waals surface area contributed by atoms with Crippen molar-refractivity contribution in [2.45, 2.75) is 31.9 Å². The van der Waals surface area contributed by atoms with E-state index in [9.17, 15) is 9.50 Å². The van der Waals surface area contributed by atoms with Gasteiger partial charge in [-0.2, -0.15) is 0 Å². The lowest BCUT2D eigenvalue weighted by Crippen LogP contribution is -2.46. The fourth-order valence-electron chi connectivity index (χ4n) is 2.83. The number of methoxy groups -OCH3 is 1. The predicted molar refractivity (Wildman–Crippen MR) is 82.1 cm³/mol. The molecule has 1 aromatic carbocycles. The fraction of sp³-hybridized carbons (Fsp3) is 0.625. The molecule has 1 fully saturated rings. The Morgan fingerprint density at radius 3 is 3.00 bits per heavy atom. The molecule has 0 saturated carbocycles. The number of ether oxygens (including phenoxy) is 1. The zero-order chi connectivity index (χ0) is 15.3. The maximum absolute atomic E-state index is 14.1. The molecule has 118 valence electrons. The molecule has 1 atom stereocenters. The zero-order valence-electron chi connectivity index (χ0n) is 12.9. The molecule has 1 aromatic rings. The highest BCUT2D eigenvalue weighted by Gasteiger charge is 2.29. The molecule has 0 spiro atoms. The van der Waals surface area contributed by atoms with Crippen molar-refractivity contribution in [1.82, 2.24) is 5.32 Å². The Kier molecular flexibility index (Phi) is 5.56. The number of β-amino-alcohol motifs (C(OH)–C–C–N with tert-alkyl or cyclic N) is 1. The third-order valence-corrected chi connectivity index (χ3v) is 3.89. The molecule has 1 unspecified atom stereocenters. The molecule has 2 rings (SSSR count). The van der Waals surface area contributed by atoms with Crippen LogP contribution in [0.4, 0.5) is 10.1 Å². The molecule has 0 radical (unpaired) electrons. The smallest absolute Gasteiger partial charge is 0.129 e. The average Bonchev–Trinajstić information content (AvgIpc) is 2.43. The van der Waals surface area contributed by atoms with Gasteiger partial charge < -0.3 is 20.1 Å². The van der Waals surface area contributed by atoms with Crippen LogP contribution in [-0.4, -0.2) is 44.1 Å². The number of nitrogens with zero attached hydrogens (tertiary/aromatic N) is 1. The third kappa shape index (κ3) is 4.40. The first-order valence-corrected chi connectivity index (χ1v) is 7.48. The Morgan fingerprint density at radius 2 is 2.29 bits per heavy atom. The number of benzene rings is 1. The van der Waals surface area contributed by atoms with E-state index in [1.165, 1.54) is 6.07 Å². The largest absolute Gasteiger partial charge is 0.388 e. The molecule has 0 aliphatic carbocycles. The van der Waals surface area contributed by atoms with Crippen LogP contribution < -0.4 is 10.2 Å². The van der Waals surface area contributed by atoms with Crippen molar-refractivity contribution < 1.29 is 14.2 Å². The van der Waals surface area contributed by atoms with Crippen LogP contribution in [0.15, 0.2) is 18.2 Å². The highest BCUT2D eigenvalue weighted by atomic mass is 19.1. The van der Waals surface area contributed by atoms with Crippen LogP contribution in [0.2, 0.25) is 0 Å². The molecule has 1 heterocycles. The van der Waals surface area contributed by atoms with Crippen molar-refractivity contribution in [3.63, 3.8) is 0 Å². The van der Waals surface area contributed by atoms with Gasteiger partial charge in [0.05, 0.1) is 12.2 Å². The van der Waals surface area contributed by atoms with Crippen LogP contribution in [0.5, 0.6) is 0 Å². The number of halogens is 1. The first-order valence-electron chi connectivity index (χ1n) is 7.48. The first kappa shape index (κ1) is 16.2. The maximum atomic E-state index is 14.1. The molecule has 4 nitrogen and oxygen atoms in total. The average molecular weight is 296 g/mol. The highest BCUT2D eigenvalue weighted by molar-refractivity contribution is 5.55. The molecule has 0 bridgehead atoms. The van der Waals surface area contributed by atoms with E-state index in [1.807, 2.05) is 13.0 Å². The van der Waals surface area contributed by atoms with Gasteiger partial charge in [0.1, 0.15) is 5.82 Å². The normalized spacial score (nSPS) is 22.6. The molecule has 21 heavy (non-hydrogen) atoms. The van der Waals surface area contributed by atoms with E-state index in [0.717, 1.165) is 25.1 Å². The third-order valence-electron chi connectivity index (χ3n) is 3.89. The first-order chi connectivity index (χ1) is 10.0. The van der Waals surface area contributed by atoms with Crippen molar-refractivity contribution >= 4 is 5.69 Å². The van der Waals surface area contributed by atoms with Gasteiger partial charge in [-0.1, -0.05) is 6.07 Å². The number of aliphatic hydroxyl groups is 1. The summed E-state index contributed by atoms with van der Waals surface area (Å²) < 4.78 is 19.1. The Hall–Kier alpha value is -1.17. The summed E-state index contributed by atoms with van der Waals surface area (Å²) in [4.78, 5) is 2.08. The number of anilines is 1. The Bertz CT molecular complexity index is 466. The minimum absolute atomic E-state index is 0.206. The van der Waals surface area contributed by atoms with Crippen molar-refractivity contribution in [2.24, 2.45) is 0 Å². The van der Waals surface area contributed by atoms with E-state index >= 15 is 0 Å². The van der Waals surface area contributed by atoms with Crippen LogP contribution in [0.25, 0.3) is 0 Å². The Balaban J connectivity index is 2.12. The van der Waals surface area contributed by atoms with Gasteiger partial charge in [-0.15, -0.1) is 0 Å². The summed E-state index contributed by atoms with van der Waals surface area (Å²) in [5, 5.41) is 13.4. The van der Waals surface area contributed by atoms with Crippen LogP contribution in [0.3, 0.4) is 0 Å². The van der Waals surface area contributed by atoms with Crippen LogP contribution >= 0.6 is 0 Å². The van der Waals surface area contributed by atoms with E-state index in [0.29, 0.717) is 31.8 Å². The minimum Gasteiger partial charge on any atom is -0.388 e. The molecule has 1 aliphatic heterocycles. The zero-order valence-corrected chi connectivity index (χ0v) is 12.9. The van der Waals surface area contributed by atoms with Gasteiger partial charge in [0.2, 0.25) is 0 Å². The summed E-state index contributed by atoms with van der Waals surface area (Å²) in [6.07, 6.45) is 1.71. The summed E-state index contributed by atoms with van der Waals surface area (Å²) in [6, 6.07) is 5.14. The molecule has 0 amide bonds. The van der Waals surface area contributed by atoms with E-state index in [-0.39, 0.29) is 5.82 Å². The van der Waals surface area contributed by atoms with Gasteiger partial charge in [0.15, 0.2) is 0 Å². The summed E-state index contributed by atoms with van der Waals surface area (Å²) in [6.45, 7) is 4.98. The lowest BCUT2D eigenvalue weighted by atomic mass is 9.94. The monoisotopic (exact) mass is 296 g/mol. The molecule has 1 aliphatic rings. The highest BCUT2D eigenvalue weighted by Crippen LogP contribution is 2.29. The number of nitrogens with one attached hydrogen (secondary N) is 1. The second-order valence-corrected chi connectivity index (χ2v) is 5.93. The van der Waals surface area contributed by atoms with Crippen molar-refractivity contribution in [1.29, 1.82) is 0 Å². The van der Waals surface area contributed by atoms with E-state index in [1.54, 1.807) is 13.2 Å². The molecule has 2 N–H and O–H groups in total. The van der Waals surface area contributed by atoms with Crippen molar-refractivity contribution in [3.8, 4) is 0 Å². The molecule has 1 saturated heterocycles. The number of hydrogen-bond donors (Lipinski definition) is 2. The van der Waals surface area contributed by atoms with E-state index in [2.05, 4.69) is 10.2 Å².